The van der Waals surface area contributed by atoms with Crippen molar-refractivity contribution in [3.05, 3.63) is 23.8 Å². The van der Waals surface area contributed by atoms with E-state index in [1.54, 1.807) is 0 Å². The van der Waals surface area contributed by atoms with Gasteiger partial charge in [-0.1, -0.05) is 0 Å². The number of ether oxygens (including phenoxy) is 1. The van der Waals surface area contributed by atoms with E-state index in [2.05, 4.69) is 0 Å². The third kappa shape index (κ3) is 3.56. The van der Waals surface area contributed by atoms with E-state index in [-0.39, 0.29) is 11.8 Å². The van der Waals surface area contributed by atoms with E-state index in [4.69, 9.17) is 10.5 Å². The van der Waals surface area contributed by atoms with Crippen molar-refractivity contribution in [2.24, 2.45) is 0 Å². The Balaban J connectivity index is 2.07. The Labute approximate surface area is 116 Å². The molecule has 0 amide bonds. The van der Waals surface area contributed by atoms with Crippen molar-refractivity contribution in [2.45, 2.75) is 31.5 Å². The highest BCUT2D eigenvalue weighted by atomic mass is 19.4. The molecule has 20 heavy (non-hydrogen) atoms. The number of anilines is 2. The number of alkyl halides is 3. The van der Waals surface area contributed by atoms with Gasteiger partial charge >= 0.3 is 6.18 Å². The minimum Gasteiger partial charge on any atom is -0.397 e. The number of nitrogens with two attached hydrogens (primary N) is 1. The Morgan fingerprint density at radius 3 is 2.65 bits per heavy atom. The van der Waals surface area contributed by atoms with Crippen LogP contribution in [0.5, 0.6) is 0 Å². The average Bonchev–Trinajstić information content (AvgIpc) is 2.38. The van der Waals surface area contributed by atoms with Gasteiger partial charge in [0.25, 0.3) is 0 Å². The number of halogens is 3. The van der Waals surface area contributed by atoms with E-state index < -0.39 is 11.7 Å². The molecule has 1 aliphatic rings. The first kappa shape index (κ1) is 15.0. The van der Waals surface area contributed by atoms with Gasteiger partial charge in [0.05, 0.1) is 23.0 Å². The fourth-order valence-electron chi connectivity index (χ4n) is 2.43. The average molecular weight is 288 g/mol. The first-order valence-electron chi connectivity index (χ1n) is 6.67. The topological polar surface area (TPSA) is 38.5 Å². The number of hydrogen-bond donors (Lipinski definition) is 1. The number of likely N-dealkylation sites (N-methyl/N-ethyl adjacent to an activating group) is 1. The lowest BCUT2D eigenvalue weighted by molar-refractivity contribution is -0.137. The quantitative estimate of drug-likeness (QED) is 0.867. The van der Waals surface area contributed by atoms with Crippen molar-refractivity contribution < 1.29 is 17.9 Å². The minimum atomic E-state index is -4.36. The van der Waals surface area contributed by atoms with Gasteiger partial charge in [0, 0.05) is 20.2 Å². The van der Waals surface area contributed by atoms with Gasteiger partial charge in [0.2, 0.25) is 0 Å². The summed E-state index contributed by atoms with van der Waals surface area (Å²) < 4.78 is 43.4. The van der Waals surface area contributed by atoms with Crippen LogP contribution in [0.25, 0.3) is 0 Å². The zero-order valence-corrected chi connectivity index (χ0v) is 11.4. The molecule has 2 rings (SSSR count). The van der Waals surface area contributed by atoms with E-state index in [1.807, 2.05) is 11.9 Å². The molecule has 1 atom stereocenters. The van der Waals surface area contributed by atoms with Crippen molar-refractivity contribution in [3.63, 3.8) is 0 Å². The fourth-order valence-corrected chi connectivity index (χ4v) is 2.43. The van der Waals surface area contributed by atoms with Crippen molar-refractivity contribution in [3.8, 4) is 0 Å². The molecule has 0 spiro atoms. The zero-order valence-electron chi connectivity index (χ0n) is 11.4. The summed E-state index contributed by atoms with van der Waals surface area (Å²) in [6, 6.07) is 3.46. The molecule has 1 fully saturated rings. The molecule has 1 aromatic carbocycles. The Morgan fingerprint density at radius 1 is 1.35 bits per heavy atom. The maximum Gasteiger partial charge on any atom is 0.416 e. The molecule has 1 heterocycles. The summed E-state index contributed by atoms with van der Waals surface area (Å²) in [6.45, 7) is 1.39. The van der Waals surface area contributed by atoms with Gasteiger partial charge in [-0.2, -0.15) is 13.2 Å². The molecule has 0 radical (unpaired) electrons. The second-order valence-electron chi connectivity index (χ2n) is 5.14. The van der Waals surface area contributed by atoms with Crippen LogP contribution in [0.3, 0.4) is 0 Å². The van der Waals surface area contributed by atoms with Gasteiger partial charge in [-0.25, -0.2) is 0 Å². The van der Waals surface area contributed by atoms with Crippen molar-refractivity contribution in [1.29, 1.82) is 0 Å². The molecule has 0 aliphatic carbocycles. The first-order valence-corrected chi connectivity index (χ1v) is 6.67. The van der Waals surface area contributed by atoms with Crippen LogP contribution in [0.4, 0.5) is 24.5 Å². The van der Waals surface area contributed by atoms with Gasteiger partial charge in [-0.05, 0) is 37.5 Å². The van der Waals surface area contributed by atoms with Gasteiger partial charge in [0.15, 0.2) is 0 Å². The van der Waals surface area contributed by atoms with Crippen LogP contribution in [0.1, 0.15) is 24.8 Å². The molecule has 1 aliphatic heterocycles. The SMILES string of the molecule is CN(CC1CCCCO1)c1ccc(C(F)(F)F)cc1N. The highest BCUT2D eigenvalue weighted by molar-refractivity contribution is 5.68. The summed E-state index contributed by atoms with van der Waals surface area (Å²) in [5, 5.41) is 0. The standard InChI is InChI=1S/C14H19F3N2O/c1-19(9-11-4-2-3-7-20-11)13-6-5-10(8-12(13)18)14(15,16)17/h5-6,8,11H,2-4,7,9,18H2,1H3. The van der Waals surface area contributed by atoms with Gasteiger partial charge in [0.1, 0.15) is 0 Å². The van der Waals surface area contributed by atoms with Crippen molar-refractivity contribution in [1.82, 2.24) is 0 Å². The number of nitrogens with zero attached hydrogens (tertiary/aromatic N) is 1. The van der Waals surface area contributed by atoms with E-state index in [0.29, 0.717) is 12.2 Å². The lowest BCUT2D eigenvalue weighted by Crippen LogP contribution is -2.33. The van der Waals surface area contributed by atoms with Crippen LogP contribution in [0.2, 0.25) is 0 Å². The van der Waals surface area contributed by atoms with Crippen LogP contribution in [-0.4, -0.2) is 26.3 Å². The predicted octanol–water partition coefficient (Wildman–Crippen LogP) is 3.29. The summed E-state index contributed by atoms with van der Waals surface area (Å²) in [5.41, 5.74) is 5.76. The van der Waals surface area contributed by atoms with E-state index >= 15 is 0 Å². The smallest absolute Gasteiger partial charge is 0.397 e. The zero-order chi connectivity index (χ0) is 14.8. The lowest BCUT2D eigenvalue weighted by Gasteiger charge is -2.29. The summed E-state index contributed by atoms with van der Waals surface area (Å²) in [6.07, 6.45) is -1.07. The minimum absolute atomic E-state index is 0.121. The van der Waals surface area contributed by atoms with Crippen LogP contribution in [0.15, 0.2) is 18.2 Å². The molecular formula is C14H19F3N2O. The van der Waals surface area contributed by atoms with E-state index in [9.17, 15) is 13.2 Å². The Bertz CT molecular complexity index is 456. The Kier molecular flexibility index (Phi) is 4.42. The van der Waals surface area contributed by atoms with Gasteiger partial charge < -0.3 is 15.4 Å². The molecule has 0 bridgehead atoms. The maximum absolute atomic E-state index is 12.6. The lowest BCUT2D eigenvalue weighted by atomic mass is 10.1. The molecule has 6 heteroatoms. The highest BCUT2D eigenvalue weighted by Gasteiger charge is 2.31. The normalized spacial score (nSPS) is 19.9. The summed E-state index contributed by atoms with van der Waals surface area (Å²) in [5.74, 6) is 0. The number of benzene rings is 1. The third-order valence-corrected chi connectivity index (χ3v) is 3.52. The first-order chi connectivity index (χ1) is 9.38. The fraction of sp³-hybridized carbons (Fsp3) is 0.571. The summed E-state index contributed by atoms with van der Waals surface area (Å²) in [7, 11) is 1.82. The third-order valence-electron chi connectivity index (χ3n) is 3.52. The second kappa shape index (κ2) is 5.91. The Hall–Kier alpha value is -1.43. The van der Waals surface area contributed by atoms with Gasteiger partial charge in [-0.15, -0.1) is 0 Å². The van der Waals surface area contributed by atoms with E-state index in [1.165, 1.54) is 6.07 Å². The highest BCUT2D eigenvalue weighted by Crippen LogP contribution is 2.34. The molecule has 2 N–H and O–H groups in total. The van der Waals surface area contributed by atoms with Gasteiger partial charge in [-0.3, -0.25) is 0 Å². The molecule has 1 unspecified atom stereocenters. The number of hydrogen-bond acceptors (Lipinski definition) is 3. The summed E-state index contributed by atoms with van der Waals surface area (Å²) in [4.78, 5) is 1.85. The molecule has 3 nitrogen and oxygen atoms in total. The second-order valence-corrected chi connectivity index (χ2v) is 5.14. The number of rotatable bonds is 3. The molecule has 0 aromatic heterocycles. The molecule has 1 saturated heterocycles. The monoisotopic (exact) mass is 288 g/mol. The van der Waals surface area contributed by atoms with E-state index in [0.717, 1.165) is 38.0 Å². The molecular weight excluding hydrogens is 269 g/mol. The van der Waals surface area contributed by atoms with Crippen molar-refractivity contribution in [2.75, 3.05) is 30.8 Å². The molecule has 1 aromatic rings. The molecule has 112 valence electrons. The number of nitrogen functional groups attached to an aromatic ring is 1. The van der Waals surface area contributed by atoms with Crippen LogP contribution >= 0.6 is 0 Å². The Morgan fingerprint density at radius 2 is 2.10 bits per heavy atom. The largest absolute Gasteiger partial charge is 0.416 e. The van der Waals surface area contributed by atoms with Crippen LogP contribution < -0.4 is 10.6 Å². The summed E-state index contributed by atoms with van der Waals surface area (Å²) >= 11 is 0. The van der Waals surface area contributed by atoms with Crippen LogP contribution in [0, 0.1) is 0 Å². The van der Waals surface area contributed by atoms with Crippen LogP contribution in [-0.2, 0) is 10.9 Å². The van der Waals surface area contributed by atoms with Crippen molar-refractivity contribution >= 4 is 11.4 Å². The predicted molar refractivity (Wildman–Crippen MR) is 72.7 cm³/mol. The maximum atomic E-state index is 12.6. The molecule has 0 saturated carbocycles.